The largest absolute Gasteiger partial charge is 0.478 e. The molecule has 7 nitrogen and oxygen atoms in total. The van der Waals surface area contributed by atoms with Crippen molar-refractivity contribution in [3.05, 3.63) is 41.6 Å². The summed E-state index contributed by atoms with van der Waals surface area (Å²) in [5.41, 5.74) is 0.355. The molecule has 2 N–H and O–H groups in total. The second-order valence-electron chi connectivity index (χ2n) is 3.54. The third-order valence-corrected chi connectivity index (χ3v) is 2.38. The van der Waals surface area contributed by atoms with Gasteiger partial charge in [-0.1, -0.05) is 0 Å². The van der Waals surface area contributed by atoms with E-state index in [1.54, 1.807) is 12.3 Å². The molecule has 2 rings (SSSR count). The molecule has 0 aliphatic carbocycles. The van der Waals surface area contributed by atoms with Crippen LogP contribution in [0.5, 0.6) is 0 Å². The summed E-state index contributed by atoms with van der Waals surface area (Å²) in [6, 6.07) is 2.92. The second-order valence-corrected chi connectivity index (χ2v) is 3.54. The SMILES string of the molecule is CNC(=O)c1ccn(Cc2occc2C(=O)O)n1. The highest BCUT2D eigenvalue weighted by Gasteiger charge is 2.15. The molecule has 0 aromatic carbocycles. The Hall–Kier alpha value is -2.57. The van der Waals surface area contributed by atoms with Gasteiger partial charge in [0.25, 0.3) is 5.91 Å². The zero-order valence-electron chi connectivity index (χ0n) is 9.58. The van der Waals surface area contributed by atoms with Crippen LogP contribution in [-0.4, -0.2) is 33.8 Å². The number of furan rings is 1. The number of nitrogens with one attached hydrogen (secondary N) is 1. The fraction of sp³-hybridized carbons (Fsp3) is 0.182. The Bertz CT molecular complexity index is 585. The van der Waals surface area contributed by atoms with Crippen LogP contribution < -0.4 is 5.32 Å². The van der Waals surface area contributed by atoms with Gasteiger partial charge in [0, 0.05) is 13.2 Å². The number of carboxylic acid groups (broad SMARTS) is 1. The Morgan fingerprint density at radius 3 is 2.94 bits per heavy atom. The van der Waals surface area contributed by atoms with Gasteiger partial charge >= 0.3 is 5.97 Å². The van der Waals surface area contributed by atoms with Gasteiger partial charge in [-0.05, 0) is 12.1 Å². The Labute approximate surface area is 102 Å². The summed E-state index contributed by atoms with van der Waals surface area (Å²) in [7, 11) is 1.51. The van der Waals surface area contributed by atoms with Crippen LogP contribution in [0.3, 0.4) is 0 Å². The number of carbonyl (C=O) groups is 2. The van der Waals surface area contributed by atoms with Crippen LogP contribution in [0.15, 0.2) is 29.0 Å². The minimum atomic E-state index is -1.06. The number of aromatic nitrogens is 2. The second kappa shape index (κ2) is 4.74. The summed E-state index contributed by atoms with van der Waals surface area (Å²) in [6.45, 7) is 0.158. The minimum Gasteiger partial charge on any atom is -0.478 e. The molecule has 2 aromatic heterocycles. The fourth-order valence-electron chi connectivity index (χ4n) is 1.50. The molecule has 1 amide bonds. The van der Waals surface area contributed by atoms with Crippen LogP contribution in [0.2, 0.25) is 0 Å². The van der Waals surface area contributed by atoms with E-state index in [0.717, 1.165) is 0 Å². The normalized spacial score (nSPS) is 10.3. The molecule has 0 spiro atoms. The van der Waals surface area contributed by atoms with Crippen molar-refractivity contribution in [1.82, 2.24) is 15.1 Å². The van der Waals surface area contributed by atoms with E-state index >= 15 is 0 Å². The Morgan fingerprint density at radius 2 is 2.28 bits per heavy atom. The molecule has 0 saturated carbocycles. The average Bonchev–Trinajstić information content (AvgIpc) is 2.97. The number of carbonyl (C=O) groups excluding carboxylic acids is 1. The number of rotatable bonds is 4. The Balaban J connectivity index is 2.19. The van der Waals surface area contributed by atoms with Crippen molar-refractivity contribution in [3.63, 3.8) is 0 Å². The minimum absolute atomic E-state index is 0.0898. The predicted octanol–water partition coefficient (Wildman–Crippen LogP) is 0.582. The van der Waals surface area contributed by atoms with Gasteiger partial charge in [-0.3, -0.25) is 9.48 Å². The summed E-state index contributed by atoms with van der Waals surface area (Å²) in [5.74, 6) is -1.07. The van der Waals surface area contributed by atoms with Crippen molar-refractivity contribution < 1.29 is 19.1 Å². The van der Waals surface area contributed by atoms with Crippen LogP contribution in [0.1, 0.15) is 26.6 Å². The van der Waals surface area contributed by atoms with Crippen LogP contribution in [-0.2, 0) is 6.54 Å². The molecular formula is C11H11N3O4. The van der Waals surface area contributed by atoms with Gasteiger partial charge in [-0.25, -0.2) is 4.79 Å². The molecule has 0 saturated heterocycles. The van der Waals surface area contributed by atoms with E-state index in [9.17, 15) is 9.59 Å². The van der Waals surface area contributed by atoms with E-state index in [0.29, 0.717) is 0 Å². The van der Waals surface area contributed by atoms with Crippen molar-refractivity contribution in [2.75, 3.05) is 7.05 Å². The van der Waals surface area contributed by atoms with Crippen molar-refractivity contribution in [2.24, 2.45) is 0 Å². The van der Waals surface area contributed by atoms with Gasteiger partial charge < -0.3 is 14.8 Å². The summed E-state index contributed by atoms with van der Waals surface area (Å²) in [6.07, 6.45) is 2.89. The quantitative estimate of drug-likeness (QED) is 0.826. The molecule has 7 heteroatoms. The van der Waals surface area contributed by atoms with Crippen LogP contribution >= 0.6 is 0 Å². The third-order valence-electron chi connectivity index (χ3n) is 2.38. The average molecular weight is 249 g/mol. The number of carboxylic acids is 1. The first kappa shape index (κ1) is 11.9. The monoisotopic (exact) mass is 249 g/mol. The van der Waals surface area contributed by atoms with Crippen LogP contribution in [0.4, 0.5) is 0 Å². The lowest BCUT2D eigenvalue weighted by atomic mass is 10.2. The first-order valence-electron chi connectivity index (χ1n) is 5.17. The smallest absolute Gasteiger partial charge is 0.339 e. The lowest BCUT2D eigenvalue weighted by Crippen LogP contribution is -2.18. The van der Waals surface area contributed by atoms with E-state index in [1.165, 1.54) is 24.1 Å². The predicted molar refractivity (Wildman–Crippen MR) is 60.4 cm³/mol. The molecule has 2 aromatic rings. The number of hydrogen-bond acceptors (Lipinski definition) is 4. The summed E-state index contributed by atoms with van der Waals surface area (Å²) < 4.78 is 6.52. The van der Waals surface area contributed by atoms with Gasteiger partial charge in [-0.15, -0.1) is 0 Å². The van der Waals surface area contributed by atoms with Crippen molar-refractivity contribution in [3.8, 4) is 0 Å². The standard InChI is InChI=1S/C11H11N3O4/c1-12-10(15)8-2-4-14(13-8)6-9-7(11(16)17)3-5-18-9/h2-5H,6H2,1H3,(H,12,15)(H,16,17). The van der Waals surface area contributed by atoms with Crippen LogP contribution in [0.25, 0.3) is 0 Å². The Morgan fingerprint density at radius 1 is 1.50 bits per heavy atom. The van der Waals surface area contributed by atoms with Crippen molar-refractivity contribution in [2.45, 2.75) is 6.54 Å². The van der Waals surface area contributed by atoms with Gasteiger partial charge in [-0.2, -0.15) is 5.10 Å². The molecule has 0 radical (unpaired) electrons. The van der Waals surface area contributed by atoms with Gasteiger partial charge in [0.15, 0.2) is 0 Å². The van der Waals surface area contributed by atoms with E-state index in [1.807, 2.05) is 0 Å². The van der Waals surface area contributed by atoms with Gasteiger partial charge in [0.05, 0.1) is 12.8 Å². The summed E-state index contributed by atoms with van der Waals surface area (Å²) >= 11 is 0. The third kappa shape index (κ3) is 2.24. The maximum Gasteiger partial charge on any atom is 0.339 e. The molecule has 0 aliphatic rings. The highest BCUT2D eigenvalue weighted by atomic mass is 16.4. The van der Waals surface area contributed by atoms with E-state index in [2.05, 4.69) is 10.4 Å². The zero-order valence-corrected chi connectivity index (χ0v) is 9.58. The highest BCUT2D eigenvalue weighted by molar-refractivity contribution is 5.91. The number of amides is 1. The zero-order chi connectivity index (χ0) is 13.1. The maximum absolute atomic E-state index is 11.3. The first-order valence-corrected chi connectivity index (χ1v) is 5.17. The van der Waals surface area contributed by atoms with E-state index in [4.69, 9.17) is 9.52 Å². The van der Waals surface area contributed by atoms with Crippen LogP contribution in [0, 0.1) is 0 Å². The molecule has 0 unspecified atom stereocenters. The van der Waals surface area contributed by atoms with E-state index < -0.39 is 5.97 Å². The van der Waals surface area contributed by atoms with Gasteiger partial charge in [0.2, 0.25) is 0 Å². The number of nitrogens with zero attached hydrogens (tertiary/aromatic N) is 2. The maximum atomic E-state index is 11.3. The van der Waals surface area contributed by atoms with E-state index in [-0.39, 0.29) is 29.5 Å². The lowest BCUT2D eigenvalue weighted by molar-refractivity contribution is 0.0693. The molecule has 2 heterocycles. The molecular weight excluding hydrogens is 238 g/mol. The molecule has 0 bridgehead atoms. The topological polar surface area (TPSA) is 97.4 Å². The van der Waals surface area contributed by atoms with Gasteiger partial charge in [0.1, 0.15) is 17.0 Å². The molecule has 94 valence electrons. The van der Waals surface area contributed by atoms with Crippen molar-refractivity contribution in [1.29, 1.82) is 0 Å². The number of hydrogen-bond donors (Lipinski definition) is 2. The molecule has 0 aliphatic heterocycles. The number of aromatic carboxylic acids is 1. The summed E-state index contributed by atoms with van der Waals surface area (Å²) in [4.78, 5) is 22.2. The molecule has 0 fully saturated rings. The molecule has 0 atom stereocenters. The fourth-order valence-corrected chi connectivity index (χ4v) is 1.50. The Kier molecular flexibility index (Phi) is 3.13. The molecule has 18 heavy (non-hydrogen) atoms. The lowest BCUT2D eigenvalue weighted by Gasteiger charge is -1.99. The first-order chi connectivity index (χ1) is 8.61. The summed E-state index contributed by atoms with van der Waals surface area (Å²) in [5, 5.41) is 15.4. The highest BCUT2D eigenvalue weighted by Crippen LogP contribution is 2.12. The van der Waals surface area contributed by atoms with Crippen molar-refractivity contribution >= 4 is 11.9 Å².